The lowest BCUT2D eigenvalue weighted by molar-refractivity contribution is -0.139. The van der Waals surface area contributed by atoms with Gasteiger partial charge in [0.25, 0.3) is 5.91 Å². The van der Waals surface area contributed by atoms with Crippen LogP contribution < -0.4 is 5.32 Å². The number of thioether (sulfide) groups is 1. The van der Waals surface area contributed by atoms with Gasteiger partial charge in [0, 0.05) is 42.6 Å². The third-order valence-electron chi connectivity index (χ3n) is 5.49. The molecule has 0 radical (unpaired) electrons. The van der Waals surface area contributed by atoms with Crippen molar-refractivity contribution < 1.29 is 14.4 Å². The van der Waals surface area contributed by atoms with Crippen molar-refractivity contribution in [3.8, 4) is 0 Å². The van der Waals surface area contributed by atoms with E-state index in [4.69, 9.17) is 0 Å². The fourth-order valence-electron chi connectivity index (χ4n) is 3.57. The monoisotopic (exact) mass is 373 g/mol. The molecule has 3 amide bonds. The third-order valence-corrected chi connectivity index (χ3v) is 6.67. The van der Waals surface area contributed by atoms with Gasteiger partial charge in [-0.15, -0.1) is 11.8 Å². The maximum absolute atomic E-state index is 12.8. The van der Waals surface area contributed by atoms with Crippen LogP contribution in [0.1, 0.15) is 36.5 Å². The minimum atomic E-state index is -0.120. The normalized spacial score (nSPS) is 23.1. The van der Waals surface area contributed by atoms with Crippen LogP contribution in [0.25, 0.3) is 0 Å². The molecular weight excluding hydrogens is 350 g/mol. The fourth-order valence-corrected chi connectivity index (χ4v) is 4.50. The minimum Gasteiger partial charge on any atom is -0.339 e. The smallest absolute Gasteiger partial charge is 0.254 e. The number of carbonyl (C=O) groups is 3. The van der Waals surface area contributed by atoms with Crippen LogP contribution in [-0.2, 0) is 9.59 Å². The van der Waals surface area contributed by atoms with Crippen molar-refractivity contribution in [3.63, 3.8) is 0 Å². The predicted molar refractivity (Wildman–Crippen MR) is 100 cm³/mol. The van der Waals surface area contributed by atoms with Crippen molar-refractivity contribution in [2.45, 2.75) is 36.3 Å². The van der Waals surface area contributed by atoms with E-state index in [1.165, 1.54) is 11.8 Å². The Labute approximate surface area is 157 Å². The Balaban J connectivity index is 1.40. The molecule has 3 aliphatic rings. The van der Waals surface area contributed by atoms with Gasteiger partial charge < -0.3 is 15.1 Å². The van der Waals surface area contributed by atoms with Crippen LogP contribution in [-0.4, -0.2) is 59.0 Å². The van der Waals surface area contributed by atoms with Gasteiger partial charge in [0.05, 0.1) is 10.9 Å². The molecule has 0 bridgehead atoms. The zero-order chi connectivity index (χ0) is 18.3. The molecule has 6 nitrogen and oxygen atoms in total. The van der Waals surface area contributed by atoms with E-state index in [0.717, 1.165) is 24.2 Å². The summed E-state index contributed by atoms with van der Waals surface area (Å²) in [6.45, 7) is 4.21. The molecule has 0 aromatic heterocycles. The Hall–Kier alpha value is -2.02. The molecular formula is C19H23N3O3S. The lowest BCUT2D eigenvalue weighted by Crippen LogP contribution is -2.52. The van der Waals surface area contributed by atoms with E-state index in [1.54, 1.807) is 11.0 Å². The maximum Gasteiger partial charge on any atom is 0.254 e. The van der Waals surface area contributed by atoms with Crippen LogP contribution >= 0.6 is 11.8 Å². The maximum atomic E-state index is 12.8. The van der Waals surface area contributed by atoms with Crippen LogP contribution in [0.4, 0.5) is 5.69 Å². The van der Waals surface area contributed by atoms with E-state index in [1.807, 2.05) is 24.0 Å². The zero-order valence-electron chi connectivity index (χ0n) is 14.9. The molecule has 1 unspecified atom stereocenters. The van der Waals surface area contributed by atoms with Crippen LogP contribution in [0.5, 0.6) is 0 Å². The number of hydrogen-bond acceptors (Lipinski definition) is 4. The summed E-state index contributed by atoms with van der Waals surface area (Å²) in [5.74, 6) is 0.393. The average Bonchev–Trinajstić information content (AvgIpc) is 2.60. The van der Waals surface area contributed by atoms with Gasteiger partial charge in [-0.05, 0) is 38.0 Å². The van der Waals surface area contributed by atoms with Crippen molar-refractivity contribution in [2.24, 2.45) is 5.92 Å². The molecule has 1 aromatic rings. The summed E-state index contributed by atoms with van der Waals surface area (Å²) in [6, 6.07) is 5.49. The Bertz CT molecular complexity index is 754. The SMILES string of the molecule is CC1Sc2ccc(C(=O)N3CCN(C(=O)C4CCC4)CC3)cc2NC1=O. The summed E-state index contributed by atoms with van der Waals surface area (Å²) >= 11 is 1.51. The first-order valence-electron chi connectivity index (χ1n) is 9.22. The summed E-state index contributed by atoms with van der Waals surface area (Å²) < 4.78 is 0. The van der Waals surface area contributed by atoms with Crippen molar-refractivity contribution >= 4 is 35.2 Å². The summed E-state index contributed by atoms with van der Waals surface area (Å²) in [5, 5.41) is 2.75. The second kappa shape index (κ2) is 6.95. The number of benzene rings is 1. The molecule has 2 heterocycles. The number of nitrogens with one attached hydrogen (secondary N) is 1. The first-order valence-corrected chi connectivity index (χ1v) is 10.1. The van der Waals surface area contributed by atoms with Gasteiger partial charge in [-0.2, -0.15) is 0 Å². The molecule has 1 aromatic carbocycles. The molecule has 138 valence electrons. The molecule has 2 aliphatic heterocycles. The van der Waals surface area contributed by atoms with E-state index in [2.05, 4.69) is 5.32 Å². The van der Waals surface area contributed by atoms with Crippen LogP contribution in [0.3, 0.4) is 0 Å². The lowest BCUT2D eigenvalue weighted by Gasteiger charge is -2.38. The Morgan fingerprint density at radius 3 is 2.46 bits per heavy atom. The number of amides is 3. The summed E-state index contributed by atoms with van der Waals surface area (Å²) in [7, 11) is 0. The molecule has 0 spiro atoms. The van der Waals surface area contributed by atoms with Gasteiger partial charge >= 0.3 is 0 Å². The predicted octanol–water partition coefficient (Wildman–Crippen LogP) is 2.20. The van der Waals surface area contributed by atoms with Gasteiger partial charge in [0.2, 0.25) is 11.8 Å². The van der Waals surface area contributed by atoms with Gasteiger partial charge in [-0.3, -0.25) is 14.4 Å². The molecule has 7 heteroatoms. The van der Waals surface area contributed by atoms with E-state index in [0.29, 0.717) is 37.4 Å². The van der Waals surface area contributed by atoms with Crippen LogP contribution in [0.2, 0.25) is 0 Å². The van der Waals surface area contributed by atoms with E-state index < -0.39 is 0 Å². The van der Waals surface area contributed by atoms with Crippen molar-refractivity contribution in [3.05, 3.63) is 23.8 Å². The highest BCUT2D eigenvalue weighted by Crippen LogP contribution is 2.36. The van der Waals surface area contributed by atoms with Gasteiger partial charge in [0.1, 0.15) is 0 Å². The first kappa shape index (κ1) is 17.4. The molecule has 1 saturated heterocycles. The number of hydrogen-bond donors (Lipinski definition) is 1. The highest BCUT2D eigenvalue weighted by molar-refractivity contribution is 8.00. The second-order valence-electron chi connectivity index (χ2n) is 7.21. The number of nitrogens with zero attached hydrogens (tertiary/aromatic N) is 2. The highest BCUT2D eigenvalue weighted by atomic mass is 32.2. The van der Waals surface area contributed by atoms with Crippen molar-refractivity contribution in [1.82, 2.24) is 9.80 Å². The number of carbonyl (C=O) groups excluding carboxylic acids is 3. The lowest BCUT2D eigenvalue weighted by atomic mass is 9.84. The molecule has 26 heavy (non-hydrogen) atoms. The van der Waals surface area contributed by atoms with Gasteiger partial charge in [-0.1, -0.05) is 6.42 Å². The highest BCUT2D eigenvalue weighted by Gasteiger charge is 2.32. The second-order valence-corrected chi connectivity index (χ2v) is 8.59. The summed E-state index contributed by atoms with van der Waals surface area (Å²) in [5.41, 5.74) is 1.29. The fraction of sp³-hybridized carbons (Fsp3) is 0.526. The van der Waals surface area contributed by atoms with Gasteiger partial charge in [-0.25, -0.2) is 0 Å². The molecule has 1 saturated carbocycles. The van der Waals surface area contributed by atoms with E-state index in [-0.39, 0.29) is 28.9 Å². The molecule has 2 fully saturated rings. The molecule has 1 aliphatic carbocycles. The molecule has 1 atom stereocenters. The van der Waals surface area contributed by atoms with Crippen molar-refractivity contribution in [2.75, 3.05) is 31.5 Å². The quantitative estimate of drug-likeness (QED) is 0.863. The number of anilines is 1. The third kappa shape index (κ3) is 3.20. The zero-order valence-corrected chi connectivity index (χ0v) is 15.7. The summed E-state index contributed by atoms with van der Waals surface area (Å²) in [6.07, 6.45) is 3.17. The summed E-state index contributed by atoms with van der Waals surface area (Å²) in [4.78, 5) is 41.7. The minimum absolute atomic E-state index is 0.0322. The topological polar surface area (TPSA) is 69.7 Å². The number of fused-ring (bicyclic) bond motifs is 1. The molecule has 1 N–H and O–H groups in total. The Morgan fingerprint density at radius 2 is 1.81 bits per heavy atom. The largest absolute Gasteiger partial charge is 0.339 e. The standard InChI is InChI=1S/C19H23N3O3S/c1-12-17(23)20-15-11-14(5-6-16(15)26-12)19(25)22-9-7-21(8-10-22)18(24)13-3-2-4-13/h5-6,11-13H,2-4,7-10H2,1H3,(H,20,23). The Morgan fingerprint density at radius 1 is 1.12 bits per heavy atom. The number of piperazine rings is 1. The molecule has 4 rings (SSSR count). The number of rotatable bonds is 2. The Kier molecular flexibility index (Phi) is 4.65. The first-order chi connectivity index (χ1) is 12.5. The van der Waals surface area contributed by atoms with Crippen LogP contribution in [0.15, 0.2) is 23.1 Å². The average molecular weight is 373 g/mol. The van der Waals surface area contributed by atoms with E-state index >= 15 is 0 Å². The van der Waals surface area contributed by atoms with Crippen molar-refractivity contribution in [1.29, 1.82) is 0 Å². The van der Waals surface area contributed by atoms with Gasteiger partial charge in [0.15, 0.2) is 0 Å². The van der Waals surface area contributed by atoms with Crippen LogP contribution in [0, 0.1) is 5.92 Å². The van der Waals surface area contributed by atoms with E-state index in [9.17, 15) is 14.4 Å².